The highest BCUT2D eigenvalue weighted by Crippen LogP contribution is 2.14. The van der Waals surface area contributed by atoms with Crippen LogP contribution < -0.4 is 0 Å². The molecule has 0 aromatic rings. The van der Waals surface area contributed by atoms with Gasteiger partial charge in [-0.2, -0.15) is 0 Å². The summed E-state index contributed by atoms with van der Waals surface area (Å²) in [5.41, 5.74) is 0. The summed E-state index contributed by atoms with van der Waals surface area (Å²) in [6.45, 7) is 7.41. The normalized spacial score (nSPS) is 33.3. The van der Waals surface area contributed by atoms with Crippen molar-refractivity contribution in [3.8, 4) is 0 Å². The van der Waals surface area contributed by atoms with Crippen molar-refractivity contribution in [3.63, 3.8) is 0 Å². The van der Waals surface area contributed by atoms with E-state index in [1.807, 2.05) is 0 Å². The molecular formula is C7H16O2Si. The van der Waals surface area contributed by atoms with Crippen LogP contribution in [0.2, 0.25) is 13.1 Å². The summed E-state index contributed by atoms with van der Waals surface area (Å²) in [6.07, 6.45) is 2.32. The van der Waals surface area contributed by atoms with E-state index in [-0.39, 0.29) is 0 Å². The predicted octanol–water partition coefficient (Wildman–Crippen LogP) is 1.56. The van der Waals surface area contributed by atoms with Gasteiger partial charge in [-0.1, -0.05) is 0 Å². The first-order valence-corrected chi connectivity index (χ1v) is 6.97. The van der Waals surface area contributed by atoms with Crippen LogP contribution in [0.3, 0.4) is 0 Å². The van der Waals surface area contributed by atoms with Crippen molar-refractivity contribution in [2.24, 2.45) is 0 Å². The molecule has 3 heteroatoms. The van der Waals surface area contributed by atoms with Crippen molar-refractivity contribution in [2.45, 2.75) is 32.5 Å². The van der Waals surface area contributed by atoms with E-state index in [0.29, 0.717) is 6.10 Å². The molecule has 1 atom stereocenters. The average molecular weight is 160 g/mol. The first-order valence-electron chi connectivity index (χ1n) is 3.86. The topological polar surface area (TPSA) is 18.5 Å². The van der Waals surface area contributed by atoms with Crippen molar-refractivity contribution in [3.05, 3.63) is 0 Å². The van der Waals surface area contributed by atoms with Gasteiger partial charge in [-0.15, -0.1) is 0 Å². The Labute approximate surface area is 63.7 Å². The van der Waals surface area contributed by atoms with Gasteiger partial charge in [0.25, 0.3) is 0 Å². The second-order valence-electron chi connectivity index (χ2n) is 3.53. The Balaban J connectivity index is 2.46. The lowest BCUT2D eigenvalue weighted by Crippen LogP contribution is -2.37. The van der Waals surface area contributed by atoms with Crippen LogP contribution in [0.4, 0.5) is 0 Å². The monoisotopic (exact) mass is 160 g/mol. The van der Waals surface area contributed by atoms with Gasteiger partial charge in [0.15, 0.2) is 0 Å². The van der Waals surface area contributed by atoms with Gasteiger partial charge in [-0.25, -0.2) is 0 Å². The van der Waals surface area contributed by atoms with E-state index in [2.05, 4.69) is 20.0 Å². The number of hydrogen-bond donors (Lipinski definition) is 0. The molecule has 0 amide bonds. The first kappa shape index (κ1) is 8.24. The Kier molecular flexibility index (Phi) is 2.49. The fourth-order valence-electron chi connectivity index (χ4n) is 1.20. The van der Waals surface area contributed by atoms with Gasteiger partial charge in [0.05, 0.1) is 6.23 Å². The highest BCUT2D eigenvalue weighted by Gasteiger charge is 2.27. The molecule has 1 heterocycles. The molecule has 2 nitrogen and oxygen atoms in total. The van der Waals surface area contributed by atoms with E-state index in [9.17, 15) is 0 Å². The second-order valence-corrected chi connectivity index (χ2v) is 7.57. The van der Waals surface area contributed by atoms with Crippen LogP contribution in [-0.2, 0) is 9.16 Å². The molecule has 1 saturated heterocycles. The number of ether oxygens (including phenoxy) is 1. The molecule has 0 bridgehead atoms. The lowest BCUT2D eigenvalue weighted by atomic mass is 10.3. The zero-order valence-corrected chi connectivity index (χ0v) is 8.02. The Hall–Kier alpha value is 0.137. The summed E-state index contributed by atoms with van der Waals surface area (Å²) >= 11 is 0. The van der Waals surface area contributed by atoms with Crippen LogP contribution in [-0.4, -0.2) is 27.3 Å². The SMILES string of the molecule is CC1CCOC[Si](C)(C)O1. The maximum absolute atomic E-state index is 5.81. The van der Waals surface area contributed by atoms with Crippen LogP contribution in [0.5, 0.6) is 0 Å². The van der Waals surface area contributed by atoms with Crippen LogP contribution >= 0.6 is 0 Å². The van der Waals surface area contributed by atoms with Crippen molar-refractivity contribution in [2.75, 3.05) is 12.8 Å². The molecule has 0 N–H and O–H groups in total. The van der Waals surface area contributed by atoms with Gasteiger partial charge in [-0.3, -0.25) is 0 Å². The molecule has 0 spiro atoms. The van der Waals surface area contributed by atoms with Crippen molar-refractivity contribution >= 4 is 8.32 Å². The Bertz CT molecular complexity index is 114. The van der Waals surface area contributed by atoms with Crippen molar-refractivity contribution in [1.82, 2.24) is 0 Å². The molecule has 0 radical (unpaired) electrons. The van der Waals surface area contributed by atoms with Gasteiger partial charge in [0.1, 0.15) is 0 Å². The molecule has 1 rings (SSSR count). The van der Waals surface area contributed by atoms with Gasteiger partial charge >= 0.3 is 0 Å². The zero-order chi connectivity index (χ0) is 7.61. The number of hydrogen-bond acceptors (Lipinski definition) is 2. The van der Waals surface area contributed by atoms with Gasteiger partial charge < -0.3 is 9.16 Å². The quantitative estimate of drug-likeness (QED) is 0.501. The number of rotatable bonds is 0. The molecule has 1 aliphatic heterocycles. The van der Waals surface area contributed by atoms with E-state index >= 15 is 0 Å². The van der Waals surface area contributed by atoms with Crippen LogP contribution in [0.15, 0.2) is 0 Å². The van der Waals surface area contributed by atoms with Crippen molar-refractivity contribution in [1.29, 1.82) is 0 Å². The molecule has 0 aromatic heterocycles. The Morgan fingerprint density at radius 3 is 2.80 bits per heavy atom. The van der Waals surface area contributed by atoms with Crippen LogP contribution in [0.25, 0.3) is 0 Å². The minimum absolute atomic E-state index is 0.407. The summed E-state index contributed by atoms with van der Waals surface area (Å²) in [5.74, 6) is 0. The smallest absolute Gasteiger partial charge is 0.212 e. The van der Waals surface area contributed by atoms with Gasteiger partial charge in [0, 0.05) is 12.7 Å². The van der Waals surface area contributed by atoms with E-state index in [1.165, 1.54) is 0 Å². The van der Waals surface area contributed by atoms with E-state index in [4.69, 9.17) is 9.16 Å². The summed E-state index contributed by atoms with van der Waals surface area (Å²) < 4.78 is 11.2. The third kappa shape index (κ3) is 2.40. The Morgan fingerprint density at radius 2 is 2.10 bits per heavy atom. The molecule has 60 valence electrons. The molecule has 0 saturated carbocycles. The van der Waals surface area contributed by atoms with Gasteiger partial charge in [0.2, 0.25) is 8.32 Å². The molecule has 10 heavy (non-hydrogen) atoms. The predicted molar refractivity (Wildman–Crippen MR) is 43.5 cm³/mol. The fraction of sp³-hybridized carbons (Fsp3) is 1.00. The molecule has 0 aliphatic carbocycles. The highest BCUT2D eigenvalue weighted by molar-refractivity contribution is 6.71. The minimum atomic E-state index is -1.43. The fourth-order valence-corrected chi connectivity index (χ4v) is 3.12. The van der Waals surface area contributed by atoms with E-state index in [1.54, 1.807) is 0 Å². The summed E-state index contributed by atoms with van der Waals surface area (Å²) in [4.78, 5) is 0. The summed E-state index contributed by atoms with van der Waals surface area (Å²) in [7, 11) is -1.43. The Morgan fingerprint density at radius 1 is 1.40 bits per heavy atom. The zero-order valence-electron chi connectivity index (χ0n) is 7.02. The maximum Gasteiger partial charge on any atom is 0.212 e. The molecule has 1 fully saturated rings. The summed E-state index contributed by atoms with van der Waals surface area (Å²) in [5, 5.41) is 0. The average Bonchev–Trinajstić information content (AvgIpc) is 1.90. The third-order valence-electron chi connectivity index (χ3n) is 1.64. The lowest BCUT2D eigenvalue weighted by molar-refractivity contribution is 0.165. The molecular weight excluding hydrogens is 144 g/mol. The highest BCUT2D eigenvalue weighted by atomic mass is 28.4. The second kappa shape index (κ2) is 3.03. The molecule has 1 aliphatic rings. The minimum Gasteiger partial charge on any atom is -0.412 e. The van der Waals surface area contributed by atoms with Crippen molar-refractivity contribution < 1.29 is 9.16 Å². The van der Waals surface area contributed by atoms with Gasteiger partial charge in [-0.05, 0) is 26.4 Å². The largest absolute Gasteiger partial charge is 0.412 e. The van der Waals surface area contributed by atoms with E-state index < -0.39 is 8.32 Å². The first-order chi connectivity index (χ1) is 4.60. The molecule has 0 aromatic carbocycles. The third-order valence-corrected chi connectivity index (χ3v) is 3.58. The molecule has 1 unspecified atom stereocenters. The van der Waals surface area contributed by atoms with E-state index in [0.717, 1.165) is 19.3 Å². The lowest BCUT2D eigenvalue weighted by Gasteiger charge is -2.22. The summed E-state index contributed by atoms with van der Waals surface area (Å²) in [6, 6.07) is 0. The standard InChI is InChI=1S/C7H16O2Si/c1-7-4-5-8-6-10(2,3)9-7/h7H,4-6H2,1-3H3. The van der Waals surface area contributed by atoms with Crippen LogP contribution in [0.1, 0.15) is 13.3 Å². The maximum atomic E-state index is 5.81. The van der Waals surface area contributed by atoms with Crippen LogP contribution in [0, 0.1) is 0 Å².